The Morgan fingerprint density at radius 3 is 2.35 bits per heavy atom. The second-order valence-corrected chi connectivity index (χ2v) is 7.91. The summed E-state index contributed by atoms with van der Waals surface area (Å²) < 4.78 is 24.1. The maximum Gasteiger partial charge on any atom is 0.230 e. The number of anilines is 1. The molecule has 0 spiro atoms. The van der Waals surface area contributed by atoms with E-state index in [1.54, 1.807) is 24.8 Å². The van der Waals surface area contributed by atoms with E-state index in [1.807, 2.05) is 24.3 Å². The topological polar surface area (TPSA) is 54.5 Å². The summed E-state index contributed by atoms with van der Waals surface area (Å²) in [5.41, 5.74) is 0.707. The quantitative estimate of drug-likeness (QED) is 0.835. The maximum atomic E-state index is 12.4. The first-order valence-electron chi connectivity index (χ1n) is 6.30. The molecular formula is C14H16BrNO3S. The van der Waals surface area contributed by atoms with Gasteiger partial charge in [-0.05, 0) is 30.3 Å². The molecule has 4 nitrogen and oxygen atoms in total. The maximum absolute atomic E-state index is 12.4. The molecule has 1 heterocycles. The van der Waals surface area contributed by atoms with Crippen LogP contribution in [0.2, 0.25) is 0 Å². The Bertz CT molecular complexity index is 635. The van der Waals surface area contributed by atoms with E-state index >= 15 is 0 Å². The number of carbonyl (C=O) groups excluding carboxylic acids is 1. The fraction of sp³-hybridized carbons (Fsp3) is 0.357. The zero-order chi connectivity index (χ0) is 14.9. The van der Waals surface area contributed by atoms with Crippen molar-refractivity contribution in [3.8, 4) is 0 Å². The lowest BCUT2D eigenvalue weighted by molar-refractivity contribution is -0.121. The molecule has 2 rings (SSSR count). The van der Waals surface area contributed by atoms with Crippen molar-refractivity contribution >= 4 is 37.4 Å². The van der Waals surface area contributed by atoms with Gasteiger partial charge in [0.2, 0.25) is 5.91 Å². The second kappa shape index (κ2) is 5.69. The largest absolute Gasteiger partial charge is 0.304 e. The summed E-state index contributed by atoms with van der Waals surface area (Å²) in [7, 11) is -3.20. The van der Waals surface area contributed by atoms with Crippen LogP contribution < -0.4 is 4.90 Å². The molecule has 108 valence electrons. The van der Waals surface area contributed by atoms with Gasteiger partial charge in [0.05, 0.1) is 11.8 Å². The number of benzene rings is 1. The minimum Gasteiger partial charge on any atom is -0.304 e. The average Bonchev–Trinajstić information content (AvgIpc) is 2.72. The van der Waals surface area contributed by atoms with E-state index in [1.165, 1.54) is 5.41 Å². The summed E-state index contributed by atoms with van der Waals surface area (Å²) in [6.45, 7) is 3.61. The first kappa shape index (κ1) is 15.3. The van der Waals surface area contributed by atoms with E-state index in [0.717, 1.165) is 4.47 Å². The molecule has 1 unspecified atom stereocenters. The van der Waals surface area contributed by atoms with Crippen molar-refractivity contribution < 1.29 is 13.2 Å². The van der Waals surface area contributed by atoms with Crippen LogP contribution in [0.5, 0.6) is 0 Å². The lowest BCUT2D eigenvalue weighted by atomic mass is 10.1. The van der Waals surface area contributed by atoms with E-state index < -0.39 is 15.9 Å². The second-order valence-electron chi connectivity index (χ2n) is 5.06. The van der Waals surface area contributed by atoms with Gasteiger partial charge in [-0.25, -0.2) is 8.42 Å². The van der Waals surface area contributed by atoms with Gasteiger partial charge in [0.15, 0.2) is 9.84 Å². The summed E-state index contributed by atoms with van der Waals surface area (Å²) in [5.74, 6) is -0.337. The highest BCUT2D eigenvalue weighted by Gasteiger charge is 2.32. The minimum atomic E-state index is -3.20. The van der Waals surface area contributed by atoms with Gasteiger partial charge in [-0.1, -0.05) is 29.8 Å². The molecular weight excluding hydrogens is 342 g/mol. The first-order chi connectivity index (χ1) is 9.30. The Labute approximate surface area is 127 Å². The molecule has 1 aliphatic heterocycles. The first-order valence-corrected chi connectivity index (χ1v) is 8.80. The third kappa shape index (κ3) is 3.30. The Balaban J connectivity index is 2.38. The van der Waals surface area contributed by atoms with Gasteiger partial charge < -0.3 is 4.90 Å². The number of hydrogen-bond acceptors (Lipinski definition) is 3. The number of halogens is 1. The molecule has 0 bridgehead atoms. The fourth-order valence-electron chi connectivity index (χ4n) is 2.08. The van der Waals surface area contributed by atoms with Gasteiger partial charge in [0.25, 0.3) is 0 Å². The van der Waals surface area contributed by atoms with Crippen molar-refractivity contribution in [3.63, 3.8) is 0 Å². The molecule has 1 aromatic rings. The van der Waals surface area contributed by atoms with Crippen LogP contribution in [0.1, 0.15) is 13.8 Å². The van der Waals surface area contributed by atoms with E-state index in [2.05, 4.69) is 15.9 Å². The summed E-state index contributed by atoms with van der Waals surface area (Å²) in [6.07, 6.45) is 1.58. The average molecular weight is 358 g/mol. The zero-order valence-electron chi connectivity index (χ0n) is 11.3. The van der Waals surface area contributed by atoms with Crippen LogP contribution in [0.15, 0.2) is 40.2 Å². The van der Waals surface area contributed by atoms with Crippen LogP contribution in [0.4, 0.5) is 5.69 Å². The van der Waals surface area contributed by atoms with Gasteiger partial charge in [0, 0.05) is 21.5 Å². The predicted molar refractivity (Wildman–Crippen MR) is 83.2 cm³/mol. The highest BCUT2D eigenvalue weighted by Crippen LogP contribution is 2.26. The highest BCUT2D eigenvalue weighted by molar-refractivity contribution is 9.10. The minimum absolute atomic E-state index is 0.0540. The highest BCUT2D eigenvalue weighted by atomic mass is 79.9. The van der Waals surface area contributed by atoms with Crippen molar-refractivity contribution in [2.24, 2.45) is 5.92 Å². The molecule has 0 saturated heterocycles. The Morgan fingerprint density at radius 1 is 1.30 bits per heavy atom. The number of sulfone groups is 1. The molecule has 0 N–H and O–H groups in total. The summed E-state index contributed by atoms with van der Waals surface area (Å²) in [5, 5.41) is 1.19. The molecule has 1 aliphatic rings. The summed E-state index contributed by atoms with van der Waals surface area (Å²) in [6, 6.07) is 6.86. The van der Waals surface area contributed by atoms with Gasteiger partial charge >= 0.3 is 0 Å². The summed E-state index contributed by atoms with van der Waals surface area (Å²) in [4.78, 5) is 14.0. The molecule has 0 saturated carbocycles. The normalized spacial score (nSPS) is 20.3. The molecule has 0 radical (unpaired) electrons. The molecule has 1 aromatic carbocycles. The van der Waals surface area contributed by atoms with Gasteiger partial charge in [-0.2, -0.15) is 0 Å². The molecule has 6 heteroatoms. The third-order valence-corrected chi connectivity index (χ3v) is 4.99. The third-order valence-electron chi connectivity index (χ3n) is 3.08. The van der Waals surface area contributed by atoms with Crippen molar-refractivity contribution in [1.29, 1.82) is 0 Å². The number of carbonyl (C=O) groups is 1. The Kier molecular flexibility index (Phi) is 4.34. The van der Waals surface area contributed by atoms with Crippen molar-refractivity contribution in [2.75, 3.05) is 10.7 Å². The fourth-order valence-corrected chi connectivity index (χ4v) is 3.61. The van der Waals surface area contributed by atoms with E-state index in [0.29, 0.717) is 5.69 Å². The predicted octanol–water partition coefficient (Wildman–Crippen LogP) is 2.75. The summed E-state index contributed by atoms with van der Waals surface area (Å²) >= 11 is 3.35. The molecule has 1 amide bonds. The van der Waals surface area contributed by atoms with E-state index in [-0.39, 0.29) is 17.6 Å². The molecule has 0 fully saturated rings. The monoisotopic (exact) mass is 357 g/mol. The van der Waals surface area contributed by atoms with Crippen LogP contribution in [-0.4, -0.2) is 26.1 Å². The Morgan fingerprint density at radius 2 is 1.90 bits per heavy atom. The molecule has 1 atom stereocenters. The van der Waals surface area contributed by atoms with E-state index in [9.17, 15) is 13.2 Å². The van der Waals surface area contributed by atoms with Gasteiger partial charge in [-0.15, -0.1) is 0 Å². The van der Waals surface area contributed by atoms with Crippen LogP contribution in [0.25, 0.3) is 0 Å². The van der Waals surface area contributed by atoms with Crippen LogP contribution in [0.3, 0.4) is 0 Å². The number of nitrogens with zero attached hydrogens (tertiary/aromatic N) is 1. The number of hydrogen-bond donors (Lipinski definition) is 0. The van der Waals surface area contributed by atoms with Crippen LogP contribution in [-0.2, 0) is 14.6 Å². The molecule has 20 heavy (non-hydrogen) atoms. The molecule has 0 aromatic heterocycles. The zero-order valence-corrected chi connectivity index (χ0v) is 13.7. The van der Waals surface area contributed by atoms with Crippen molar-refractivity contribution in [1.82, 2.24) is 0 Å². The van der Waals surface area contributed by atoms with Crippen LogP contribution >= 0.6 is 15.9 Å². The lowest BCUT2D eigenvalue weighted by Gasteiger charge is -2.29. The van der Waals surface area contributed by atoms with Gasteiger partial charge in [0.1, 0.15) is 0 Å². The lowest BCUT2D eigenvalue weighted by Crippen LogP contribution is -2.43. The number of rotatable bonds is 3. The standard InChI is InChI=1S/C14H16BrNO3S/c1-10(2)14(17)16(12-5-3-11(15)4-6-12)13-7-8-20(18,19)9-13/h3-8,10,13H,9H2,1-2H3. The van der Waals surface area contributed by atoms with Crippen molar-refractivity contribution in [2.45, 2.75) is 19.9 Å². The Hall–Kier alpha value is -1.14. The number of amides is 1. The molecule has 0 aliphatic carbocycles. The van der Waals surface area contributed by atoms with Crippen molar-refractivity contribution in [3.05, 3.63) is 40.2 Å². The van der Waals surface area contributed by atoms with Gasteiger partial charge in [-0.3, -0.25) is 4.79 Å². The van der Waals surface area contributed by atoms with E-state index in [4.69, 9.17) is 0 Å². The smallest absolute Gasteiger partial charge is 0.230 e. The SMILES string of the molecule is CC(C)C(=O)N(c1ccc(Br)cc1)C1C=CS(=O)(=O)C1. The van der Waals surface area contributed by atoms with Crippen LogP contribution in [0, 0.1) is 5.92 Å².